The number of hydrogen-bond donors (Lipinski definition) is 2. The van der Waals surface area contributed by atoms with Gasteiger partial charge in [0.05, 0.1) is 26.3 Å². The lowest BCUT2D eigenvalue weighted by Crippen LogP contribution is -2.41. The predicted octanol–water partition coefficient (Wildman–Crippen LogP) is 2.66. The van der Waals surface area contributed by atoms with Gasteiger partial charge in [-0.2, -0.15) is 4.89 Å². The summed E-state index contributed by atoms with van der Waals surface area (Å²) in [7, 11) is 2.54. The first-order valence-electron chi connectivity index (χ1n) is 14.5. The van der Waals surface area contributed by atoms with Gasteiger partial charge in [0.2, 0.25) is 0 Å². The third kappa shape index (κ3) is 9.51. The number of carbonyl (C=O) groups excluding carboxylic acids is 4. The summed E-state index contributed by atoms with van der Waals surface area (Å²) in [5.41, 5.74) is 0.861. The Morgan fingerprint density at radius 2 is 1.43 bits per heavy atom. The molecule has 0 radical (unpaired) electrons. The van der Waals surface area contributed by atoms with Crippen LogP contribution in [0.4, 0.5) is 0 Å². The van der Waals surface area contributed by atoms with Crippen LogP contribution in [-0.2, 0) is 28.9 Å². The number of ether oxygens (including phenoxy) is 4. The number of carboxylic acid groups (broad SMARTS) is 1. The molecule has 5 rings (SSSR count). The van der Waals surface area contributed by atoms with E-state index in [1.807, 2.05) is 0 Å². The lowest BCUT2D eigenvalue weighted by Gasteiger charge is -2.22. The molecular formula is C33H34N2O12. The first-order valence-corrected chi connectivity index (χ1v) is 14.5. The second-order valence-corrected chi connectivity index (χ2v) is 10.4. The molecule has 0 aromatic heterocycles. The largest absolute Gasteiger partial charge is 0.489 e. The van der Waals surface area contributed by atoms with Crippen molar-refractivity contribution in [1.29, 1.82) is 0 Å². The van der Waals surface area contributed by atoms with Crippen LogP contribution in [0.25, 0.3) is 0 Å². The molecule has 3 aromatic carbocycles. The number of methoxy groups -OCH3 is 1. The maximum absolute atomic E-state index is 12.9. The van der Waals surface area contributed by atoms with E-state index in [0.717, 1.165) is 0 Å². The molecule has 47 heavy (non-hydrogen) atoms. The Kier molecular flexibility index (Phi) is 12.2. The number of carbonyl (C=O) groups is 5. The van der Waals surface area contributed by atoms with E-state index < -0.39 is 36.1 Å². The van der Waals surface area contributed by atoms with E-state index in [1.165, 1.54) is 19.1 Å². The van der Waals surface area contributed by atoms with Crippen LogP contribution in [0, 0.1) is 0 Å². The molecule has 2 heterocycles. The zero-order valence-corrected chi connectivity index (χ0v) is 25.6. The average molecular weight is 651 g/mol. The number of rotatable bonds is 11. The summed E-state index contributed by atoms with van der Waals surface area (Å²) in [6.45, 7) is 1.06. The molecule has 0 saturated carbocycles. The average Bonchev–Trinajstić information content (AvgIpc) is 3.74. The van der Waals surface area contributed by atoms with Crippen molar-refractivity contribution >= 4 is 30.3 Å². The minimum absolute atomic E-state index is 0.163. The van der Waals surface area contributed by atoms with Gasteiger partial charge in [0.15, 0.2) is 0 Å². The summed E-state index contributed by atoms with van der Waals surface area (Å²) in [6, 6.07) is 20.3. The Morgan fingerprint density at radius 3 is 2.00 bits per heavy atom. The summed E-state index contributed by atoms with van der Waals surface area (Å²) >= 11 is 0. The Balaban J connectivity index is 0.000000238. The molecule has 2 aliphatic rings. The molecule has 3 aromatic rings. The summed E-state index contributed by atoms with van der Waals surface area (Å²) in [5, 5.41) is 11.7. The smallest absolute Gasteiger partial charge is 0.364 e. The van der Waals surface area contributed by atoms with E-state index in [-0.39, 0.29) is 25.0 Å². The van der Waals surface area contributed by atoms with E-state index in [2.05, 4.69) is 24.6 Å². The molecular weight excluding hydrogens is 616 g/mol. The summed E-state index contributed by atoms with van der Waals surface area (Å²) in [6.07, 6.45) is 0.0894. The van der Waals surface area contributed by atoms with Crippen molar-refractivity contribution in [3.63, 3.8) is 0 Å². The minimum atomic E-state index is -0.865. The standard InChI is InChI=1S/C21H21NO7.C12H13NO5/c1-26-20(24)15-8-10-16(11-9-15)28-17-12-18(21(25)29-27-2)22(13-17)19(23)14-6-4-3-5-7-14;14-7-17-8-1-3-9(4-2-8)18-10-5-11(12(15)16)13-6-10/h3-11,17-18H,12-13H2,1-2H3;1-4,7,10-11,13H,5-6H2,(H,15,16)/t17-,18-;10-,11-/m00/s1. The van der Waals surface area contributed by atoms with Crippen LogP contribution >= 0.6 is 0 Å². The molecule has 0 unspecified atom stereocenters. The maximum atomic E-state index is 12.9. The fraction of sp³-hybridized carbons (Fsp3) is 0.303. The molecule has 4 atom stereocenters. The summed E-state index contributed by atoms with van der Waals surface area (Å²) in [5.74, 6) is -0.707. The van der Waals surface area contributed by atoms with Crippen LogP contribution in [0.5, 0.6) is 17.2 Å². The molecule has 0 aliphatic carbocycles. The van der Waals surface area contributed by atoms with Gasteiger partial charge in [0.25, 0.3) is 12.4 Å². The van der Waals surface area contributed by atoms with Gasteiger partial charge in [-0.3, -0.25) is 19.3 Å². The maximum Gasteiger partial charge on any atom is 0.364 e. The number of amides is 1. The zero-order valence-electron chi connectivity index (χ0n) is 25.6. The van der Waals surface area contributed by atoms with Crippen LogP contribution in [0.1, 0.15) is 33.6 Å². The third-order valence-electron chi connectivity index (χ3n) is 7.26. The van der Waals surface area contributed by atoms with Crippen molar-refractivity contribution in [2.24, 2.45) is 0 Å². The predicted molar refractivity (Wildman–Crippen MR) is 163 cm³/mol. The monoisotopic (exact) mass is 650 g/mol. The molecule has 0 spiro atoms. The molecule has 2 fully saturated rings. The first kappa shape index (κ1) is 34.4. The minimum Gasteiger partial charge on any atom is -0.489 e. The summed E-state index contributed by atoms with van der Waals surface area (Å²) in [4.78, 5) is 68.1. The quantitative estimate of drug-likeness (QED) is 0.134. The van der Waals surface area contributed by atoms with E-state index in [1.54, 1.807) is 78.9 Å². The highest BCUT2D eigenvalue weighted by Crippen LogP contribution is 2.26. The topological polar surface area (TPSA) is 176 Å². The first-order chi connectivity index (χ1) is 22.7. The van der Waals surface area contributed by atoms with Crippen molar-refractivity contribution in [3.05, 3.63) is 90.0 Å². The molecule has 2 aliphatic heterocycles. The zero-order chi connectivity index (χ0) is 33.8. The van der Waals surface area contributed by atoms with Gasteiger partial charge in [-0.15, -0.1) is 0 Å². The number of benzene rings is 3. The van der Waals surface area contributed by atoms with Crippen molar-refractivity contribution in [1.82, 2.24) is 10.2 Å². The number of nitrogens with one attached hydrogen (secondary N) is 1. The van der Waals surface area contributed by atoms with E-state index in [0.29, 0.717) is 47.8 Å². The Hall–Kier alpha value is -5.47. The van der Waals surface area contributed by atoms with E-state index >= 15 is 0 Å². The highest BCUT2D eigenvalue weighted by molar-refractivity contribution is 5.97. The number of carboxylic acids is 1. The number of esters is 1. The SMILES string of the molecule is COOC(=O)[C@@H]1C[C@H](Oc2ccc(C(=O)OC)cc2)CN1C(=O)c1ccccc1.O=COc1ccc(O[C@@H]2CN[C@H](C(=O)O)C2)cc1. The Morgan fingerprint density at radius 1 is 0.809 bits per heavy atom. The van der Waals surface area contributed by atoms with Crippen LogP contribution in [-0.4, -0.2) is 91.9 Å². The van der Waals surface area contributed by atoms with Crippen molar-refractivity contribution in [2.45, 2.75) is 37.1 Å². The molecule has 2 N–H and O–H groups in total. The highest BCUT2D eigenvalue weighted by Gasteiger charge is 2.42. The Bertz CT molecular complexity index is 1510. The lowest BCUT2D eigenvalue weighted by atomic mass is 10.1. The van der Waals surface area contributed by atoms with Crippen LogP contribution in [0.2, 0.25) is 0 Å². The van der Waals surface area contributed by atoms with Gasteiger partial charge >= 0.3 is 17.9 Å². The molecule has 14 nitrogen and oxygen atoms in total. The van der Waals surface area contributed by atoms with Gasteiger partial charge in [0.1, 0.15) is 41.5 Å². The molecule has 248 valence electrons. The van der Waals surface area contributed by atoms with Crippen LogP contribution in [0.3, 0.4) is 0 Å². The number of hydrogen-bond acceptors (Lipinski definition) is 12. The van der Waals surface area contributed by atoms with Gasteiger partial charge in [-0.25, -0.2) is 9.59 Å². The van der Waals surface area contributed by atoms with Crippen LogP contribution < -0.4 is 19.5 Å². The second-order valence-electron chi connectivity index (χ2n) is 10.4. The fourth-order valence-corrected chi connectivity index (χ4v) is 5.02. The molecule has 14 heteroatoms. The van der Waals surface area contributed by atoms with Crippen molar-refractivity contribution in [2.75, 3.05) is 27.3 Å². The fourth-order valence-electron chi connectivity index (χ4n) is 5.02. The molecule has 1 amide bonds. The molecule has 2 saturated heterocycles. The van der Waals surface area contributed by atoms with Crippen LogP contribution in [0.15, 0.2) is 78.9 Å². The highest BCUT2D eigenvalue weighted by atomic mass is 17.2. The van der Waals surface area contributed by atoms with Gasteiger partial charge in [-0.1, -0.05) is 18.2 Å². The Labute approximate surface area is 270 Å². The van der Waals surface area contributed by atoms with E-state index in [9.17, 15) is 24.0 Å². The van der Waals surface area contributed by atoms with Crippen molar-refractivity contribution < 1.29 is 57.8 Å². The van der Waals surface area contributed by atoms with Gasteiger partial charge in [0, 0.05) is 24.9 Å². The normalized spacial score (nSPS) is 19.8. The third-order valence-corrected chi connectivity index (χ3v) is 7.26. The number of nitrogens with zero attached hydrogens (tertiary/aromatic N) is 1. The van der Waals surface area contributed by atoms with Gasteiger partial charge < -0.3 is 34.3 Å². The lowest BCUT2D eigenvalue weighted by molar-refractivity contribution is -0.258. The van der Waals surface area contributed by atoms with Gasteiger partial charge in [-0.05, 0) is 60.7 Å². The van der Waals surface area contributed by atoms with Crippen molar-refractivity contribution in [3.8, 4) is 17.2 Å². The number of likely N-dealkylation sites (tertiary alicyclic amines) is 1. The number of aliphatic carboxylic acids is 1. The molecule has 0 bridgehead atoms. The summed E-state index contributed by atoms with van der Waals surface area (Å²) < 4.78 is 20.9. The second kappa shape index (κ2) is 16.7. The van der Waals surface area contributed by atoms with E-state index in [4.69, 9.17) is 14.6 Å².